The van der Waals surface area contributed by atoms with Gasteiger partial charge in [0.15, 0.2) is 0 Å². The monoisotopic (exact) mass is 349 g/mol. The SMILES string of the molecule is CC(C)c1ccc2c(c1)C1OC(C3CCCCC3)CCC1CN2.Cl. The number of halogens is 1. The second-order valence-electron chi connectivity index (χ2n) is 8.21. The molecule has 0 radical (unpaired) electrons. The van der Waals surface area contributed by atoms with Crippen LogP contribution in [0.1, 0.15) is 81.9 Å². The Hall–Kier alpha value is -0.730. The minimum Gasteiger partial charge on any atom is -0.384 e. The van der Waals surface area contributed by atoms with Gasteiger partial charge in [-0.3, -0.25) is 0 Å². The van der Waals surface area contributed by atoms with E-state index in [9.17, 15) is 0 Å². The predicted molar refractivity (Wildman–Crippen MR) is 103 cm³/mol. The third-order valence-corrected chi connectivity index (χ3v) is 6.35. The first-order valence-electron chi connectivity index (χ1n) is 9.75. The average Bonchev–Trinajstić information content (AvgIpc) is 2.61. The van der Waals surface area contributed by atoms with Gasteiger partial charge in [0, 0.05) is 23.7 Å². The molecule has 0 spiro atoms. The number of anilines is 1. The van der Waals surface area contributed by atoms with E-state index in [0.29, 0.717) is 24.0 Å². The van der Waals surface area contributed by atoms with Gasteiger partial charge in [-0.05, 0) is 49.1 Å². The lowest BCUT2D eigenvalue weighted by molar-refractivity contribution is -0.113. The summed E-state index contributed by atoms with van der Waals surface area (Å²) in [6.07, 6.45) is 10.5. The van der Waals surface area contributed by atoms with E-state index in [4.69, 9.17) is 4.74 Å². The molecular formula is C21H32ClNO. The fourth-order valence-electron chi connectivity index (χ4n) is 4.86. The summed E-state index contributed by atoms with van der Waals surface area (Å²) in [4.78, 5) is 0. The maximum Gasteiger partial charge on any atom is 0.0893 e. The average molecular weight is 350 g/mol. The van der Waals surface area contributed by atoms with Crippen molar-refractivity contribution < 1.29 is 4.74 Å². The standard InChI is InChI=1S/C21H31NO.ClH/c1-14(2)16-8-10-19-18(12-16)21-17(13-22-19)9-11-20(23-21)15-6-4-3-5-7-15;/h8,10,12,14-15,17,20-22H,3-7,9,11,13H2,1-2H3;1H. The van der Waals surface area contributed by atoms with Crippen LogP contribution < -0.4 is 5.32 Å². The summed E-state index contributed by atoms with van der Waals surface area (Å²) in [5.74, 6) is 2.06. The van der Waals surface area contributed by atoms with E-state index < -0.39 is 0 Å². The molecule has 0 bridgehead atoms. The Morgan fingerprint density at radius 1 is 1.00 bits per heavy atom. The van der Waals surface area contributed by atoms with E-state index in [1.54, 1.807) is 0 Å². The van der Waals surface area contributed by atoms with Crippen molar-refractivity contribution in [2.45, 2.75) is 76.9 Å². The highest BCUT2D eigenvalue weighted by molar-refractivity contribution is 5.85. The summed E-state index contributed by atoms with van der Waals surface area (Å²) < 4.78 is 6.75. The van der Waals surface area contributed by atoms with Gasteiger partial charge >= 0.3 is 0 Å². The Morgan fingerprint density at radius 2 is 1.79 bits per heavy atom. The van der Waals surface area contributed by atoms with E-state index in [0.717, 1.165) is 12.5 Å². The van der Waals surface area contributed by atoms with Gasteiger partial charge in [0.1, 0.15) is 0 Å². The molecule has 4 rings (SSSR count). The third kappa shape index (κ3) is 3.46. The number of ether oxygens (including phenoxy) is 1. The molecule has 2 nitrogen and oxygen atoms in total. The van der Waals surface area contributed by atoms with Gasteiger partial charge in [-0.1, -0.05) is 45.2 Å². The van der Waals surface area contributed by atoms with Crippen LogP contribution in [-0.2, 0) is 4.74 Å². The van der Waals surface area contributed by atoms with Crippen LogP contribution in [0.4, 0.5) is 5.69 Å². The van der Waals surface area contributed by atoms with Gasteiger partial charge in [0.05, 0.1) is 12.2 Å². The van der Waals surface area contributed by atoms with Gasteiger partial charge in [-0.15, -0.1) is 12.4 Å². The molecule has 0 aromatic heterocycles. The molecule has 0 amide bonds. The van der Waals surface area contributed by atoms with E-state index in [1.165, 1.54) is 61.8 Å². The number of benzene rings is 1. The number of hydrogen-bond donors (Lipinski definition) is 1. The first-order valence-corrected chi connectivity index (χ1v) is 9.75. The molecule has 24 heavy (non-hydrogen) atoms. The second-order valence-corrected chi connectivity index (χ2v) is 8.21. The molecule has 134 valence electrons. The largest absolute Gasteiger partial charge is 0.384 e. The Morgan fingerprint density at radius 3 is 2.54 bits per heavy atom. The zero-order chi connectivity index (χ0) is 15.8. The normalized spacial score (nSPS) is 30.0. The fraction of sp³-hybridized carbons (Fsp3) is 0.714. The first-order chi connectivity index (χ1) is 11.2. The molecule has 1 aliphatic carbocycles. The zero-order valence-electron chi connectivity index (χ0n) is 15.1. The molecule has 3 heteroatoms. The molecule has 1 aromatic carbocycles. The molecule has 3 atom stereocenters. The number of rotatable bonds is 2. The lowest BCUT2D eigenvalue weighted by Gasteiger charge is -2.44. The molecule has 3 aliphatic rings. The molecule has 1 aromatic rings. The van der Waals surface area contributed by atoms with E-state index in [2.05, 4.69) is 37.4 Å². The summed E-state index contributed by atoms with van der Waals surface area (Å²) in [5, 5.41) is 3.64. The van der Waals surface area contributed by atoms with E-state index in [-0.39, 0.29) is 12.4 Å². The number of hydrogen-bond acceptors (Lipinski definition) is 2. The van der Waals surface area contributed by atoms with Crippen molar-refractivity contribution in [3.8, 4) is 0 Å². The number of nitrogens with one attached hydrogen (secondary N) is 1. The first kappa shape index (κ1) is 18.1. The summed E-state index contributed by atoms with van der Waals surface area (Å²) in [5.41, 5.74) is 4.17. The van der Waals surface area contributed by atoms with Crippen molar-refractivity contribution >= 4 is 18.1 Å². The Kier molecular flexibility index (Phi) is 5.77. The van der Waals surface area contributed by atoms with Crippen molar-refractivity contribution in [2.75, 3.05) is 11.9 Å². The highest BCUT2D eigenvalue weighted by Crippen LogP contribution is 2.46. The minimum absolute atomic E-state index is 0. The van der Waals surface area contributed by atoms with Crippen LogP contribution in [0.15, 0.2) is 18.2 Å². The summed E-state index contributed by atoms with van der Waals surface area (Å²) in [6.45, 7) is 5.64. The smallest absolute Gasteiger partial charge is 0.0893 e. The maximum absolute atomic E-state index is 6.75. The van der Waals surface area contributed by atoms with Gasteiger partial charge in [-0.2, -0.15) is 0 Å². The maximum atomic E-state index is 6.75. The summed E-state index contributed by atoms with van der Waals surface area (Å²) in [7, 11) is 0. The van der Waals surface area contributed by atoms with Gasteiger partial charge in [0.2, 0.25) is 0 Å². The van der Waals surface area contributed by atoms with Crippen molar-refractivity contribution in [3.63, 3.8) is 0 Å². The number of fused-ring (bicyclic) bond motifs is 3. The highest BCUT2D eigenvalue weighted by atomic mass is 35.5. The van der Waals surface area contributed by atoms with Gasteiger partial charge in [-0.25, -0.2) is 0 Å². The van der Waals surface area contributed by atoms with Crippen LogP contribution in [0.5, 0.6) is 0 Å². The van der Waals surface area contributed by atoms with Crippen molar-refractivity contribution in [2.24, 2.45) is 11.8 Å². The highest BCUT2D eigenvalue weighted by Gasteiger charge is 2.39. The predicted octanol–water partition coefficient (Wildman–Crippen LogP) is 6.07. The minimum atomic E-state index is 0. The van der Waals surface area contributed by atoms with E-state index in [1.807, 2.05) is 0 Å². The van der Waals surface area contributed by atoms with Gasteiger partial charge in [0.25, 0.3) is 0 Å². The molecule has 2 heterocycles. The Labute approximate surface area is 153 Å². The molecular weight excluding hydrogens is 318 g/mol. The van der Waals surface area contributed by atoms with Crippen molar-refractivity contribution in [1.82, 2.24) is 0 Å². The van der Waals surface area contributed by atoms with Crippen molar-refractivity contribution in [3.05, 3.63) is 29.3 Å². The molecule has 1 saturated carbocycles. The second kappa shape index (κ2) is 7.66. The quantitative estimate of drug-likeness (QED) is 0.699. The third-order valence-electron chi connectivity index (χ3n) is 6.35. The lowest BCUT2D eigenvalue weighted by Crippen LogP contribution is -2.40. The summed E-state index contributed by atoms with van der Waals surface area (Å²) in [6, 6.07) is 6.96. The van der Waals surface area contributed by atoms with Crippen LogP contribution in [0, 0.1) is 11.8 Å². The topological polar surface area (TPSA) is 21.3 Å². The molecule has 3 unspecified atom stereocenters. The molecule has 1 N–H and O–H groups in total. The molecule has 1 saturated heterocycles. The van der Waals surface area contributed by atoms with Crippen LogP contribution in [-0.4, -0.2) is 12.6 Å². The zero-order valence-corrected chi connectivity index (χ0v) is 15.9. The Balaban J connectivity index is 0.00000169. The lowest BCUT2D eigenvalue weighted by atomic mass is 9.77. The Bertz CT molecular complexity index is 553. The fourth-order valence-corrected chi connectivity index (χ4v) is 4.86. The van der Waals surface area contributed by atoms with Crippen LogP contribution >= 0.6 is 12.4 Å². The van der Waals surface area contributed by atoms with Crippen LogP contribution in [0.3, 0.4) is 0 Å². The molecule has 2 fully saturated rings. The summed E-state index contributed by atoms with van der Waals surface area (Å²) >= 11 is 0. The van der Waals surface area contributed by atoms with Crippen LogP contribution in [0.25, 0.3) is 0 Å². The van der Waals surface area contributed by atoms with Crippen LogP contribution in [0.2, 0.25) is 0 Å². The molecule has 2 aliphatic heterocycles. The van der Waals surface area contributed by atoms with Crippen molar-refractivity contribution in [1.29, 1.82) is 0 Å². The van der Waals surface area contributed by atoms with Gasteiger partial charge < -0.3 is 10.1 Å². The van der Waals surface area contributed by atoms with E-state index >= 15 is 0 Å².